The Hall–Kier alpha value is -0.520. The van der Waals surface area contributed by atoms with E-state index in [2.05, 4.69) is 29.1 Å². The first-order chi connectivity index (χ1) is 8.26. The Kier molecular flexibility index (Phi) is 7.32. The molecule has 0 aromatic carbocycles. The summed E-state index contributed by atoms with van der Waals surface area (Å²) in [5, 5.41) is 3.99. The van der Waals surface area contributed by atoms with Gasteiger partial charge in [0.25, 0.3) is 0 Å². The first-order valence-electron chi connectivity index (χ1n) is 6.10. The lowest BCUT2D eigenvalue weighted by Gasteiger charge is -2.05. The van der Waals surface area contributed by atoms with E-state index >= 15 is 0 Å². The quantitative estimate of drug-likeness (QED) is 0.666. The number of rotatable bonds is 9. The first-order valence-corrected chi connectivity index (χ1v) is 7.15. The number of imidazole rings is 1. The van der Waals surface area contributed by atoms with Gasteiger partial charge in [0.15, 0.2) is 0 Å². The fourth-order valence-corrected chi connectivity index (χ4v) is 2.13. The van der Waals surface area contributed by atoms with Crippen molar-refractivity contribution in [2.45, 2.75) is 37.8 Å². The van der Waals surface area contributed by atoms with Gasteiger partial charge in [-0.15, -0.1) is 0 Å². The van der Waals surface area contributed by atoms with Crippen LogP contribution in [0, 0.1) is 0 Å². The third-order valence-corrected chi connectivity index (χ3v) is 3.90. The van der Waals surface area contributed by atoms with E-state index in [4.69, 9.17) is 4.74 Å². The SMILES string of the molecule is CCC(C)SCc1ncc(CNCCOC)[nH]1. The van der Waals surface area contributed by atoms with Crippen LogP contribution in [0.15, 0.2) is 6.20 Å². The Labute approximate surface area is 108 Å². The predicted octanol–water partition coefficient (Wildman–Crippen LogP) is 2.18. The number of nitrogens with one attached hydrogen (secondary N) is 2. The van der Waals surface area contributed by atoms with Crippen LogP contribution in [-0.4, -0.2) is 35.5 Å². The molecule has 1 rings (SSSR count). The van der Waals surface area contributed by atoms with Gasteiger partial charge in [-0.1, -0.05) is 13.8 Å². The highest BCUT2D eigenvalue weighted by atomic mass is 32.2. The number of methoxy groups -OCH3 is 1. The topological polar surface area (TPSA) is 49.9 Å². The van der Waals surface area contributed by atoms with Crippen molar-refractivity contribution in [2.24, 2.45) is 0 Å². The molecule has 5 heteroatoms. The lowest BCUT2D eigenvalue weighted by molar-refractivity contribution is 0.199. The van der Waals surface area contributed by atoms with Gasteiger partial charge in [-0.3, -0.25) is 0 Å². The summed E-state index contributed by atoms with van der Waals surface area (Å²) in [4.78, 5) is 7.71. The van der Waals surface area contributed by atoms with Crippen LogP contribution in [0.1, 0.15) is 31.8 Å². The normalized spacial score (nSPS) is 12.9. The third kappa shape index (κ3) is 6.10. The van der Waals surface area contributed by atoms with Gasteiger partial charge >= 0.3 is 0 Å². The number of H-pyrrole nitrogens is 1. The summed E-state index contributed by atoms with van der Waals surface area (Å²) in [6.07, 6.45) is 3.11. The standard InChI is InChI=1S/C12H23N3OS/c1-4-10(2)17-9-12-14-8-11(15-12)7-13-5-6-16-3/h8,10,13H,4-7,9H2,1-3H3,(H,14,15). The summed E-state index contributed by atoms with van der Waals surface area (Å²) in [6, 6.07) is 0. The van der Waals surface area contributed by atoms with E-state index in [0.29, 0.717) is 5.25 Å². The Balaban J connectivity index is 2.22. The molecule has 1 heterocycles. The van der Waals surface area contributed by atoms with Gasteiger partial charge in [-0.05, 0) is 6.42 Å². The first kappa shape index (κ1) is 14.5. The summed E-state index contributed by atoms with van der Waals surface area (Å²) in [7, 11) is 1.71. The smallest absolute Gasteiger partial charge is 0.116 e. The van der Waals surface area contributed by atoms with E-state index in [1.807, 2.05) is 18.0 Å². The van der Waals surface area contributed by atoms with Crippen LogP contribution in [0.25, 0.3) is 0 Å². The second-order valence-corrected chi connectivity index (χ2v) is 5.48. The molecule has 0 spiro atoms. The van der Waals surface area contributed by atoms with Gasteiger partial charge in [0, 0.05) is 37.3 Å². The van der Waals surface area contributed by atoms with Crippen molar-refractivity contribution in [2.75, 3.05) is 20.3 Å². The van der Waals surface area contributed by atoms with E-state index in [-0.39, 0.29) is 0 Å². The summed E-state index contributed by atoms with van der Waals surface area (Å²) in [6.45, 7) is 6.90. The van der Waals surface area contributed by atoms with Crippen LogP contribution < -0.4 is 5.32 Å². The van der Waals surface area contributed by atoms with Crippen molar-refractivity contribution >= 4 is 11.8 Å². The van der Waals surface area contributed by atoms with Crippen LogP contribution in [-0.2, 0) is 17.0 Å². The van der Waals surface area contributed by atoms with Crippen LogP contribution >= 0.6 is 11.8 Å². The van der Waals surface area contributed by atoms with Gasteiger partial charge < -0.3 is 15.0 Å². The largest absolute Gasteiger partial charge is 0.383 e. The van der Waals surface area contributed by atoms with Crippen molar-refractivity contribution < 1.29 is 4.74 Å². The molecule has 1 aromatic rings. The van der Waals surface area contributed by atoms with Crippen molar-refractivity contribution in [3.8, 4) is 0 Å². The highest BCUT2D eigenvalue weighted by molar-refractivity contribution is 7.99. The molecule has 1 aromatic heterocycles. The Morgan fingerprint density at radius 2 is 2.41 bits per heavy atom. The average Bonchev–Trinajstić information content (AvgIpc) is 2.79. The Bertz CT molecular complexity index is 304. The molecule has 0 fully saturated rings. The number of aromatic amines is 1. The molecule has 0 aliphatic carbocycles. The molecule has 1 atom stereocenters. The molecule has 1 unspecified atom stereocenters. The maximum Gasteiger partial charge on any atom is 0.116 e. The molecule has 0 saturated carbocycles. The molecule has 4 nitrogen and oxygen atoms in total. The zero-order valence-corrected chi connectivity index (χ0v) is 11.8. The van der Waals surface area contributed by atoms with E-state index in [9.17, 15) is 0 Å². The molecule has 0 bridgehead atoms. The summed E-state index contributed by atoms with van der Waals surface area (Å²) in [5.74, 6) is 2.03. The molecule has 0 amide bonds. The number of hydrogen-bond donors (Lipinski definition) is 2. The van der Waals surface area contributed by atoms with Gasteiger partial charge in [0.2, 0.25) is 0 Å². The highest BCUT2D eigenvalue weighted by Crippen LogP contribution is 2.17. The minimum absolute atomic E-state index is 0.698. The molecule has 17 heavy (non-hydrogen) atoms. The molecular formula is C12H23N3OS. The van der Waals surface area contributed by atoms with E-state index in [0.717, 1.165) is 37.0 Å². The van der Waals surface area contributed by atoms with Crippen LogP contribution in [0.5, 0.6) is 0 Å². The molecule has 2 N–H and O–H groups in total. The van der Waals surface area contributed by atoms with Crippen LogP contribution in [0.3, 0.4) is 0 Å². The number of nitrogens with zero attached hydrogens (tertiary/aromatic N) is 1. The maximum absolute atomic E-state index is 4.97. The van der Waals surface area contributed by atoms with Crippen molar-refractivity contribution in [1.29, 1.82) is 0 Å². The minimum atomic E-state index is 0.698. The monoisotopic (exact) mass is 257 g/mol. The number of thioether (sulfide) groups is 1. The summed E-state index contributed by atoms with van der Waals surface area (Å²) in [5.41, 5.74) is 1.14. The third-order valence-electron chi connectivity index (χ3n) is 2.56. The van der Waals surface area contributed by atoms with E-state index < -0.39 is 0 Å². The predicted molar refractivity (Wildman–Crippen MR) is 73.2 cm³/mol. The van der Waals surface area contributed by atoms with E-state index in [1.54, 1.807) is 7.11 Å². The Morgan fingerprint density at radius 1 is 1.59 bits per heavy atom. The molecular weight excluding hydrogens is 234 g/mol. The lowest BCUT2D eigenvalue weighted by Crippen LogP contribution is -2.18. The number of ether oxygens (including phenoxy) is 1. The molecule has 0 radical (unpaired) electrons. The number of aromatic nitrogens is 2. The van der Waals surface area contributed by atoms with Crippen LogP contribution in [0.2, 0.25) is 0 Å². The maximum atomic E-state index is 4.97. The lowest BCUT2D eigenvalue weighted by atomic mass is 10.4. The second-order valence-electron chi connectivity index (χ2n) is 4.05. The zero-order valence-electron chi connectivity index (χ0n) is 11.0. The highest BCUT2D eigenvalue weighted by Gasteiger charge is 2.03. The van der Waals surface area contributed by atoms with Crippen molar-refractivity contribution in [3.05, 3.63) is 17.7 Å². The van der Waals surface area contributed by atoms with Gasteiger partial charge in [0.05, 0.1) is 12.4 Å². The Morgan fingerprint density at radius 3 is 3.12 bits per heavy atom. The van der Waals surface area contributed by atoms with Crippen LogP contribution in [0.4, 0.5) is 0 Å². The van der Waals surface area contributed by atoms with E-state index in [1.165, 1.54) is 6.42 Å². The fraction of sp³-hybridized carbons (Fsp3) is 0.750. The second kappa shape index (κ2) is 8.55. The molecule has 0 saturated heterocycles. The van der Waals surface area contributed by atoms with Gasteiger partial charge in [0.1, 0.15) is 5.82 Å². The van der Waals surface area contributed by atoms with Crippen molar-refractivity contribution in [1.82, 2.24) is 15.3 Å². The molecule has 98 valence electrons. The average molecular weight is 257 g/mol. The summed E-state index contributed by atoms with van der Waals surface area (Å²) < 4.78 is 4.97. The van der Waals surface area contributed by atoms with Gasteiger partial charge in [-0.25, -0.2) is 4.98 Å². The molecule has 0 aliphatic heterocycles. The van der Waals surface area contributed by atoms with Gasteiger partial charge in [-0.2, -0.15) is 11.8 Å². The molecule has 0 aliphatic rings. The zero-order chi connectivity index (χ0) is 12.5. The minimum Gasteiger partial charge on any atom is -0.383 e. The summed E-state index contributed by atoms with van der Waals surface area (Å²) >= 11 is 1.94. The van der Waals surface area contributed by atoms with Crippen molar-refractivity contribution in [3.63, 3.8) is 0 Å². The number of hydrogen-bond acceptors (Lipinski definition) is 4. The fourth-order valence-electron chi connectivity index (χ4n) is 1.31.